The van der Waals surface area contributed by atoms with E-state index in [4.69, 9.17) is 15.9 Å². The Hall–Kier alpha value is -0.870. The van der Waals surface area contributed by atoms with Gasteiger partial charge in [0.25, 0.3) is 0 Å². The summed E-state index contributed by atoms with van der Waals surface area (Å²) in [7, 11) is 0. The quantitative estimate of drug-likeness (QED) is 0.374. The van der Waals surface area contributed by atoms with Gasteiger partial charge in [-0.2, -0.15) is 0 Å². The lowest BCUT2D eigenvalue weighted by Crippen LogP contribution is -1.91. The highest BCUT2D eigenvalue weighted by Crippen LogP contribution is 2.27. The first-order chi connectivity index (χ1) is 5.74. The highest BCUT2D eigenvalue weighted by atomic mass is 32.2. The van der Waals surface area contributed by atoms with Crippen LogP contribution < -0.4 is 5.73 Å². The lowest BCUT2D eigenvalue weighted by atomic mass is 10.3. The second-order valence-electron chi connectivity index (χ2n) is 2.29. The van der Waals surface area contributed by atoms with Crippen molar-refractivity contribution in [3.63, 3.8) is 0 Å². The van der Waals surface area contributed by atoms with E-state index in [0.717, 1.165) is 4.90 Å². The van der Waals surface area contributed by atoms with Crippen molar-refractivity contribution in [3.8, 4) is 5.75 Å². The Bertz CT molecular complexity index is 265. The molecule has 66 valence electrons. The second-order valence-corrected chi connectivity index (χ2v) is 3.43. The number of hydrogen-bond donors (Lipinski definition) is 3. The summed E-state index contributed by atoms with van der Waals surface area (Å²) < 4.78 is 0. The molecule has 4 N–H and O–H groups in total. The van der Waals surface area contributed by atoms with E-state index < -0.39 is 0 Å². The van der Waals surface area contributed by atoms with Gasteiger partial charge in [-0.1, -0.05) is 0 Å². The largest absolute Gasteiger partial charge is 0.508 e. The molecule has 3 nitrogen and oxygen atoms in total. The van der Waals surface area contributed by atoms with Crippen LogP contribution in [0.5, 0.6) is 5.75 Å². The van der Waals surface area contributed by atoms with E-state index in [1.54, 1.807) is 18.2 Å². The van der Waals surface area contributed by atoms with Crippen LogP contribution in [0.3, 0.4) is 0 Å². The maximum absolute atomic E-state index is 9.11. The normalized spacial score (nSPS) is 10.1. The molecule has 0 saturated carbocycles. The molecule has 0 aromatic heterocycles. The Morgan fingerprint density at radius 2 is 2.17 bits per heavy atom. The molecule has 0 saturated heterocycles. The first-order valence-electron chi connectivity index (χ1n) is 3.56. The summed E-state index contributed by atoms with van der Waals surface area (Å²) in [5.41, 5.74) is 6.25. The van der Waals surface area contributed by atoms with Crippen LogP contribution in [0.25, 0.3) is 0 Å². The molecular weight excluding hydrogens is 174 g/mol. The van der Waals surface area contributed by atoms with Gasteiger partial charge in [0.1, 0.15) is 5.75 Å². The molecule has 1 rings (SSSR count). The summed E-state index contributed by atoms with van der Waals surface area (Å²) >= 11 is 1.43. The van der Waals surface area contributed by atoms with Crippen molar-refractivity contribution in [3.05, 3.63) is 18.2 Å². The molecule has 0 fully saturated rings. The number of rotatable bonds is 3. The van der Waals surface area contributed by atoms with Crippen LogP contribution in [0.2, 0.25) is 0 Å². The number of nitrogens with two attached hydrogens (primary N) is 1. The molecule has 0 radical (unpaired) electrons. The smallest absolute Gasteiger partial charge is 0.116 e. The fourth-order valence-corrected chi connectivity index (χ4v) is 1.55. The Balaban J connectivity index is 2.75. The fraction of sp³-hybridized carbons (Fsp3) is 0.250. The minimum Gasteiger partial charge on any atom is -0.508 e. The molecule has 0 heterocycles. The van der Waals surface area contributed by atoms with Gasteiger partial charge >= 0.3 is 0 Å². The van der Waals surface area contributed by atoms with Crippen LogP contribution in [0, 0.1) is 0 Å². The van der Waals surface area contributed by atoms with Crippen LogP contribution in [0.15, 0.2) is 23.1 Å². The van der Waals surface area contributed by atoms with Crippen molar-refractivity contribution in [1.29, 1.82) is 0 Å². The lowest BCUT2D eigenvalue weighted by Gasteiger charge is -2.03. The third-order valence-electron chi connectivity index (χ3n) is 1.35. The van der Waals surface area contributed by atoms with Crippen molar-refractivity contribution in [2.75, 3.05) is 18.1 Å². The molecule has 0 atom stereocenters. The highest BCUT2D eigenvalue weighted by molar-refractivity contribution is 7.99. The topological polar surface area (TPSA) is 66.5 Å². The van der Waals surface area contributed by atoms with Gasteiger partial charge in [0.2, 0.25) is 0 Å². The van der Waals surface area contributed by atoms with Crippen molar-refractivity contribution in [1.82, 2.24) is 0 Å². The Morgan fingerprint density at radius 1 is 1.42 bits per heavy atom. The zero-order valence-electron chi connectivity index (χ0n) is 6.53. The molecule has 0 unspecified atom stereocenters. The van der Waals surface area contributed by atoms with Crippen molar-refractivity contribution in [2.24, 2.45) is 0 Å². The van der Waals surface area contributed by atoms with E-state index in [2.05, 4.69) is 0 Å². The summed E-state index contributed by atoms with van der Waals surface area (Å²) in [4.78, 5) is 0.809. The Morgan fingerprint density at radius 3 is 2.83 bits per heavy atom. The molecular formula is C8H11NO2S. The highest BCUT2D eigenvalue weighted by Gasteiger charge is 1.99. The van der Waals surface area contributed by atoms with Gasteiger partial charge in [0.05, 0.1) is 6.61 Å². The Kier molecular flexibility index (Phi) is 3.25. The van der Waals surface area contributed by atoms with E-state index in [9.17, 15) is 0 Å². The van der Waals surface area contributed by atoms with Gasteiger partial charge in [-0.3, -0.25) is 0 Å². The minimum atomic E-state index is 0.111. The number of aliphatic hydroxyl groups excluding tert-OH is 1. The van der Waals surface area contributed by atoms with E-state index in [0.29, 0.717) is 11.4 Å². The number of benzene rings is 1. The van der Waals surface area contributed by atoms with E-state index in [-0.39, 0.29) is 12.4 Å². The summed E-state index contributed by atoms with van der Waals surface area (Å²) in [5, 5.41) is 17.7. The number of nitrogen functional groups attached to an aromatic ring is 1. The Labute approximate surface area is 75.2 Å². The summed E-state index contributed by atoms with van der Waals surface area (Å²) in [6.07, 6.45) is 0. The number of anilines is 1. The van der Waals surface area contributed by atoms with Gasteiger partial charge < -0.3 is 15.9 Å². The summed E-state index contributed by atoms with van der Waals surface area (Å²) in [6, 6.07) is 4.78. The molecule has 12 heavy (non-hydrogen) atoms. The first-order valence-corrected chi connectivity index (χ1v) is 4.54. The average Bonchev–Trinajstić information content (AvgIpc) is 2.07. The van der Waals surface area contributed by atoms with Crippen molar-refractivity contribution < 1.29 is 10.2 Å². The number of aromatic hydroxyl groups is 1. The average molecular weight is 185 g/mol. The molecule has 1 aromatic carbocycles. The molecule has 0 aliphatic carbocycles. The van der Waals surface area contributed by atoms with Gasteiger partial charge in [-0.15, -0.1) is 11.8 Å². The number of phenolic OH excluding ortho intramolecular Hbond substituents is 1. The standard InChI is InChI=1S/C8H11NO2S/c9-7-2-1-6(11)5-8(7)12-4-3-10/h1-2,5,10-11H,3-4,9H2. The van der Waals surface area contributed by atoms with Gasteiger partial charge in [-0.05, 0) is 18.2 Å². The molecule has 1 aromatic rings. The van der Waals surface area contributed by atoms with Crippen LogP contribution in [-0.4, -0.2) is 22.6 Å². The number of hydrogen-bond acceptors (Lipinski definition) is 4. The predicted molar refractivity (Wildman–Crippen MR) is 50.3 cm³/mol. The zero-order valence-corrected chi connectivity index (χ0v) is 7.34. The fourth-order valence-electron chi connectivity index (χ4n) is 0.804. The molecule has 0 aliphatic heterocycles. The SMILES string of the molecule is Nc1ccc(O)cc1SCCO. The monoisotopic (exact) mass is 185 g/mol. The molecule has 0 spiro atoms. The molecule has 0 bridgehead atoms. The third kappa shape index (κ3) is 2.32. The van der Waals surface area contributed by atoms with E-state index in [1.807, 2.05) is 0 Å². The van der Waals surface area contributed by atoms with Gasteiger partial charge in [-0.25, -0.2) is 0 Å². The molecule has 4 heteroatoms. The maximum atomic E-state index is 9.11. The maximum Gasteiger partial charge on any atom is 0.116 e. The number of phenols is 1. The predicted octanol–water partition coefficient (Wildman–Crippen LogP) is 1.06. The van der Waals surface area contributed by atoms with Crippen LogP contribution in [-0.2, 0) is 0 Å². The van der Waals surface area contributed by atoms with Crippen molar-refractivity contribution in [2.45, 2.75) is 4.90 Å². The summed E-state index contributed by atoms with van der Waals surface area (Å²) in [5.74, 6) is 0.790. The summed E-state index contributed by atoms with van der Waals surface area (Å²) in [6.45, 7) is 0.111. The lowest BCUT2D eigenvalue weighted by molar-refractivity contribution is 0.322. The molecule has 0 aliphatic rings. The first kappa shape index (κ1) is 9.22. The number of thioether (sulfide) groups is 1. The third-order valence-corrected chi connectivity index (χ3v) is 2.40. The van der Waals surface area contributed by atoms with E-state index >= 15 is 0 Å². The minimum absolute atomic E-state index is 0.111. The van der Waals surface area contributed by atoms with Gasteiger partial charge in [0.15, 0.2) is 0 Å². The van der Waals surface area contributed by atoms with Crippen LogP contribution in [0.1, 0.15) is 0 Å². The molecule has 0 amide bonds. The van der Waals surface area contributed by atoms with Crippen molar-refractivity contribution >= 4 is 17.4 Å². The van der Waals surface area contributed by atoms with Crippen LogP contribution >= 0.6 is 11.8 Å². The number of aliphatic hydroxyl groups is 1. The zero-order chi connectivity index (χ0) is 8.97. The van der Waals surface area contributed by atoms with E-state index in [1.165, 1.54) is 11.8 Å². The van der Waals surface area contributed by atoms with Crippen LogP contribution in [0.4, 0.5) is 5.69 Å². The second kappa shape index (κ2) is 4.23. The van der Waals surface area contributed by atoms with Gasteiger partial charge in [0, 0.05) is 16.3 Å².